The SMILES string of the molecule is CCc1cc(C2(C#N)CC2)cc2nc(C(=O)O)c(S(=O)(=O)CC)n12. The Bertz CT molecular complexity index is 994. The van der Waals surface area contributed by atoms with Gasteiger partial charge in [-0.2, -0.15) is 5.26 Å². The zero-order valence-corrected chi connectivity index (χ0v) is 14.2. The molecule has 0 saturated heterocycles. The molecule has 7 nitrogen and oxygen atoms in total. The molecule has 0 unspecified atom stereocenters. The summed E-state index contributed by atoms with van der Waals surface area (Å²) < 4.78 is 26.3. The lowest BCUT2D eigenvalue weighted by atomic mass is 9.97. The van der Waals surface area contributed by atoms with E-state index in [2.05, 4.69) is 11.1 Å². The van der Waals surface area contributed by atoms with E-state index in [9.17, 15) is 23.6 Å². The van der Waals surface area contributed by atoms with Crippen molar-refractivity contribution in [1.29, 1.82) is 5.26 Å². The van der Waals surface area contributed by atoms with Crippen molar-refractivity contribution in [2.24, 2.45) is 0 Å². The number of imidazole rings is 1. The molecular weight excluding hydrogens is 330 g/mol. The molecule has 2 heterocycles. The van der Waals surface area contributed by atoms with Crippen LogP contribution in [0.15, 0.2) is 17.2 Å². The average molecular weight is 347 g/mol. The lowest BCUT2D eigenvalue weighted by Gasteiger charge is -2.12. The van der Waals surface area contributed by atoms with Crippen LogP contribution >= 0.6 is 0 Å². The molecule has 0 aliphatic heterocycles. The largest absolute Gasteiger partial charge is 0.476 e. The number of nitriles is 1. The van der Waals surface area contributed by atoms with E-state index in [4.69, 9.17) is 0 Å². The summed E-state index contributed by atoms with van der Waals surface area (Å²) in [6.07, 6.45) is 1.98. The van der Waals surface area contributed by atoms with E-state index in [-0.39, 0.29) is 16.4 Å². The van der Waals surface area contributed by atoms with Gasteiger partial charge in [-0.05, 0) is 37.0 Å². The second-order valence-corrected chi connectivity index (χ2v) is 8.14. The highest BCUT2D eigenvalue weighted by Crippen LogP contribution is 2.48. The first kappa shape index (κ1) is 16.5. The fourth-order valence-corrected chi connectivity index (χ4v) is 4.10. The fraction of sp³-hybridized carbons (Fsp3) is 0.438. The molecule has 0 bridgehead atoms. The van der Waals surface area contributed by atoms with Crippen LogP contribution in [0.2, 0.25) is 0 Å². The Labute approximate surface area is 139 Å². The molecule has 1 saturated carbocycles. The topological polar surface area (TPSA) is 113 Å². The molecule has 1 N–H and O–H groups in total. The summed E-state index contributed by atoms with van der Waals surface area (Å²) in [6, 6.07) is 5.73. The van der Waals surface area contributed by atoms with Crippen molar-refractivity contribution in [2.45, 2.75) is 43.6 Å². The summed E-state index contributed by atoms with van der Waals surface area (Å²) in [4.78, 5) is 15.6. The maximum Gasteiger partial charge on any atom is 0.357 e. The molecule has 3 rings (SSSR count). The molecule has 126 valence electrons. The van der Waals surface area contributed by atoms with Gasteiger partial charge in [0.2, 0.25) is 0 Å². The molecule has 2 aromatic heterocycles. The minimum atomic E-state index is -3.77. The van der Waals surface area contributed by atoms with Gasteiger partial charge in [0.1, 0.15) is 5.65 Å². The Balaban J connectivity index is 2.41. The van der Waals surface area contributed by atoms with E-state index in [0.717, 1.165) is 18.4 Å². The van der Waals surface area contributed by atoms with Crippen molar-refractivity contribution in [3.63, 3.8) is 0 Å². The van der Waals surface area contributed by atoms with Gasteiger partial charge in [-0.25, -0.2) is 18.2 Å². The molecular formula is C16H17N3O4S. The molecule has 0 aromatic carbocycles. The Morgan fingerprint density at radius 1 is 1.42 bits per heavy atom. The number of fused-ring (bicyclic) bond motifs is 1. The van der Waals surface area contributed by atoms with Gasteiger partial charge in [0.25, 0.3) is 0 Å². The van der Waals surface area contributed by atoms with Crippen LogP contribution in [0.1, 0.15) is 48.4 Å². The number of carboxylic acid groups (broad SMARTS) is 1. The molecule has 1 fully saturated rings. The van der Waals surface area contributed by atoms with Crippen LogP contribution < -0.4 is 0 Å². The highest BCUT2D eigenvalue weighted by atomic mass is 32.2. The summed E-state index contributed by atoms with van der Waals surface area (Å²) in [5.41, 5.74) is 0.652. The number of carbonyl (C=O) groups is 1. The van der Waals surface area contributed by atoms with Gasteiger partial charge in [-0.15, -0.1) is 0 Å². The number of nitrogens with zero attached hydrogens (tertiary/aromatic N) is 3. The van der Waals surface area contributed by atoms with Crippen molar-refractivity contribution in [2.75, 3.05) is 5.75 Å². The fourth-order valence-electron chi connectivity index (χ4n) is 2.91. The highest BCUT2D eigenvalue weighted by Gasteiger charge is 2.45. The van der Waals surface area contributed by atoms with Crippen molar-refractivity contribution in [1.82, 2.24) is 9.38 Å². The van der Waals surface area contributed by atoms with Gasteiger partial charge in [-0.3, -0.25) is 4.40 Å². The van der Waals surface area contributed by atoms with Crippen LogP contribution in [-0.4, -0.2) is 34.6 Å². The first-order valence-electron chi connectivity index (χ1n) is 7.73. The lowest BCUT2D eigenvalue weighted by molar-refractivity contribution is 0.0686. The lowest BCUT2D eigenvalue weighted by Crippen LogP contribution is -2.14. The van der Waals surface area contributed by atoms with Gasteiger partial charge in [0, 0.05) is 5.69 Å². The maximum atomic E-state index is 12.4. The molecule has 2 aromatic rings. The number of hydrogen-bond donors (Lipinski definition) is 1. The van der Waals surface area contributed by atoms with Crippen molar-refractivity contribution in [3.05, 3.63) is 29.1 Å². The highest BCUT2D eigenvalue weighted by molar-refractivity contribution is 7.91. The van der Waals surface area contributed by atoms with E-state index in [1.54, 1.807) is 12.1 Å². The van der Waals surface area contributed by atoms with Gasteiger partial charge < -0.3 is 5.11 Å². The Kier molecular flexibility index (Phi) is 3.64. The van der Waals surface area contributed by atoms with Gasteiger partial charge >= 0.3 is 5.97 Å². The van der Waals surface area contributed by atoms with E-state index in [1.165, 1.54) is 11.3 Å². The predicted molar refractivity (Wildman–Crippen MR) is 85.8 cm³/mol. The van der Waals surface area contributed by atoms with Crippen molar-refractivity contribution in [3.8, 4) is 6.07 Å². The third kappa shape index (κ3) is 2.27. The van der Waals surface area contributed by atoms with Crippen LogP contribution in [0.3, 0.4) is 0 Å². The number of aryl methyl sites for hydroxylation is 1. The smallest absolute Gasteiger partial charge is 0.357 e. The van der Waals surface area contributed by atoms with Crippen molar-refractivity contribution >= 4 is 21.5 Å². The van der Waals surface area contributed by atoms with Crippen LogP contribution in [0.4, 0.5) is 0 Å². The van der Waals surface area contributed by atoms with E-state index >= 15 is 0 Å². The number of carboxylic acids is 1. The second kappa shape index (κ2) is 5.31. The molecule has 8 heteroatoms. The van der Waals surface area contributed by atoms with Crippen LogP contribution in [-0.2, 0) is 21.7 Å². The summed E-state index contributed by atoms with van der Waals surface area (Å²) in [6.45, 7) is 3.32. The number of aromatic nitrogens is 2. The predicted octanol–water partition coefficient (Wildman–Crippen LogP) is 1.94. The van der Waals surface area contributed by atoms with Gasteiger partial charge in [0.15, 0.2) is 20.6 Å². The van der Waals surface area contributed by atoms with E-state index < -0.39 is 26.9 Å². The van der Waals surface area contributed by atoms with Crippen LogP contribution in [0.5, 0.6) is 0 Å². The Hall–Kier alpha value is -2.40. The minimum Gasteiger partial charge on any atom is -0.476 e. The number of rotatable bonds is 5. The molecule has 0 radical (unpaired) electrons. The maximum absolute atomic E-state index is 12.4. The molecule has 24 heavy (non-hydrogen) atoms. The zero-order chi connectivity index (χ0) is 17.7. The Morgan fingerprint density at radius 2 is 2.08 bits per heavy atom. The third-order valence-corrected chi connectivity index (χ3v) is 6.24. The van der Waals surface area contributed by atoms with Crippen LogP contribution in [0.25, 0.3) is 5.65 Å². The zero-order valence-electron chi connectivity index (χ0n) is 13.4. The second-order valence-electron chi connectivity index (χ2n) is 5.95. The number of aromatic carboxylic acids is 1. The minimum absolute atomic E-state index is 0.214. The molecule has 0 spiro atoms. The summed E-state index contributed by atoms with van der Waals surface area (Å²) in [5, 5.41) is 18.5. The Morgan fingerprint density at radius 3 is 2.54 bits per heavy atom. The van der Waals surface area contributed by atoms with E-state index in [0.29, 0.717) is 12.1 Å². The number of hydrogen-bond acceptors (Lipinski definition) is 5. The number of sulfone groups is 1. The first-order valence-corrected chi connectivity index (χ1v) is 9.38. The number of pyridine rings is 1. The quantitative estimate of drug-likeness (QED) is 0.884. The van der Waals surface area contributed by atoms with E-state index in [1.807, 2.05) is 6.92 Å². The molecule has 1 aliphatic carbocycles. The average Bonchev–Trinajstić information content (AvgIpc) is 3.26. The van der Waals surface area contributed by atoms with Crippen LogP contribution in [0, 0.1) is 11.3 Å². The van der Waals surface area contributed by atoms with Gasteiger partial charge in [-0.1, -0.05) is 13.8 Å². The molecule has 0 atom stereocenters. The summed E-state index contributed by atoms with van der Waals surface area (Å²) >= 11 is 0. The van der Waals surface area contributed by atoms with Gasteiger partial charge in [0.05, 0.1) is 17.2 Å². The monoisotopic (exact) mass is 347 g/mol. The summed E-state index contributed by atoms with van der Waals surface area (Å²) in [5.74, 6) is -1.59. The standard InChI is InChI=1S/C16H17N3O4S/c1-3-11-7-10(16(9-17)5-6-16)8-12-18-13(15(20)21)14(19(11)12)24(22,23)4-2/h7-8H,3-6H2,1-2H3,(H,20,21). The summed E-state index contributed by atoms with van der Waals surface area (Å²) in [7, 11) is -3.77. The molecule has 0 amide bonds. The third-order valence-electron chi connectivity index (χ3n) is 4.51. The normalized spacial score (nSPS) is 16.0. The molecule has 1 aliphatic rings. The first-order chi connectivity index (χ1) is 11.3. The van der Waals surface area contributed by atoms with Crippen molar-refractivity contribution < 1.29 is 18.3 Å².